The van der Waals surface area contributed by atoms with Gasteiger partial charge in [0, 0.05) is 36.3 Å². The molecule has 4 nitrogen and oxygen atoms in total. The van der Waals surface area contributed by atoms with Gasteiger partial charge in [0.1, 0.15) is 0 Å². The van der Waals surface area contributed by atoms with Crippen molar-refractivity contribution in [2.24, 2.45) is 5.41 Å². The summed E-state index contributed by atoms with van der Waals surface area (Å²) in [4.78, 5) is 22.7. The molecule has 116 valence electrons. The van der Waals surface area contributed by atoms with Crippen LogP contribution >= 0.6 is 0 Å². The molecule has 0 saturated heterocycles. The summed E-state index contributed by atoms with van der Waals surface area (Å²) >= 11 is 0. The lowest BCUT2D eigenvalue weighted by Crippen LogP contribution is -2.28. The van der Waals surface area contributed by atoms with Crippen molar-refractivity contribution in [3.63, 3.8) is 0 Å². The molecule has 0 fully saturated rings. The summed E-state index contributed by atoms with van der Waals surface area (Å²) in [5.74, 6) is -0.467. The molecule has 2 rings (SSSR count). The Morgan fingerprint density at radius 2 is 2.00 bits per heavy atom. The SMILES string of the molecule is Cc1cc2c(n1CCCCCC(=O)O)CC(C)(C)CC2=O. The molecule has 21 heavy (non-hydrogen) atoms. The minimum atomic E-state index is -0.725. The summed E-state index contributed by atoms with van der Waals surface area (Å²) < 4.78 is 2.26. The van der Waals surface area contributed by atoms with E-state index in [4.69, 9.17) is 5.11 Å². The largest absolute Gasteiger partial charge is 0.481 e. The zero-order valence-electron chi connectivity index (χ0n) is 13.2. The summed E-state index contributed by atoms with van der Waals surface area (Å²) in [6, 6.07) is 2.02. The average molecular weight is 291 g/mol. The van der Waals surface area contributed by atoms with E-state index in [0.717, 1.165) is 43.5 Å². The monoisotopic (exact) mass is 291 g/mol. The second-order valence-electron chi connectivity index (χ2n) is 6.94. The van der Waals surface area contributed by atoms with Crippen molar-refractivity contribution in [2.45, 2.75) is 65.8 Å². The van der Waals surface area contributed by atoms with E-state index in [1.54, 1.807) is 0 Å². The summed E-state index contributed by atoms with van der Waals surface area (Å²) in [6.45, 7) is 7.22. The van der Waals surface area contributed by atoms with E-state index in [2.05, 4.69) is 25.3 Å². The van der Waals surface area contributed by atoms with Crippen molar-refractivity contribution < 1.29 is 14.7 Å². The Kier molecular flexibility index (Phi) is 4.55. The highest BCUT2D eigenvalue weighted by Gasteiger charge is 2.33. The Labute approximate surface area is 126 Å². The molecule has 0 amide bonds. The molecule has 1 aliphatic rings. The van der Waals surface area contributed by atoms with Crippen LogP contribution in [0.1, 0.15) is 67.7 Å². The van der Waals surface area contributed by atoms with Crippen molar-refractivity contribution in [3.8, 4) is 0 Å². The molecule has 0 unspecified atom stereocenters. The number of fused-ring (bicyclic) bond motifs is 1. The topological polar surface area (TPSA) is 59.3 Å². The number of nitrogens with zero attached hydrogens (tertiary/aromatic N) is 1. The summed E-state index contributed by atoms with van der Waals surface area (Å²) in [7, 11) is 0. The van der Waals surface area contributed by atoms with Gasteiger partial charge in [0.15, 0.2) is 5.78 Å². The molecule has 1 aromatic heterocycles. The van der Waals surface area contributed by atoms with E-state index >= 15 is 0 Å². The first kappa shape index (κ1) is 15.8. The quantitative estimate of drug-likeness (QED) is 0.815. The number of aryl methyl sites for hydroxylation is 1. The molecule has 1 aliphatic carbocycles. The number of hydrogen-bond donors (Lipinski definition) is 1. The third kappa shape index (κ3) is 3.74. The van der Waals surface area contributed by atoms with Gasteiger partial charge in [0.25, 0.3) is 0 Å². The van der Waals surface area contributed by atoms with Crippen LogP contribution in [0.4, 0.5) is 0 Å². The smallest absolute Gasteiger partial charge is 0.303 e. The summed E-state index contributed by atoms with van der Waals surface area (Å²) in [5.41, 5.74) is 3.25. The number of Topliss-reactive ketones (excluding diaryl/α,β-unsaturated/α-hetero) is 1. The maximum absolute atomic E-state index is 12.2. The number of carboxylic acids is 1. The van der Waals surface area contributed by atoms with Crippen LogP contribution in [0.5, 0.6) is 0 Å². The van der Waals surface area contributed by atoms with Crippen molar-refractivity contribution in [3.05, 3.63) is 23.0 Å². The molecule has 1 aromatic rings. The van der Waals surface area contributed by atoms with Gasteiger partial charge >= 0.3 is 5.97 Å². The first-order valence-corrected chi connectivity index (χ1v) is 7.74. The molecule has 0 atom stereocenters. The second kappa shape index (κ2) is 6.04. The molecule has 1 N–H and O–H groups in total. The number of ketones is 1. The average Bonchev–Trinajstić information content (AvgIpc) is 2.65. The van der Waals surface area contributed by atoms with Crippen LogP contribution in [-0.4, -0.2) is 21.4 Å². The lowest BCUT2D eigenvalue weighted by molar-refractivity contribution is -0.137. The Morgan fingerprint density at radius 3 is 2.67 bits per heavy atom. The van der Waals surface area contributed by atoms with Gasteiger partial charge in [-0.1, -0.05) is 20.3 Å². The Hall–Kier alpha value is -1.58. The van der Waals surface area contributed by atoms with Crippen molar-refractivity contribution in [1.82, 2.24) is 4.57 Å². The molecule has 0 aromatic carbocycles. The third-order valence-electron chi connectivity index (χ3n) is 4.27. The van der Waals surface area contributed by atoms with Gasteiger partial charge in [-0.25, -0.2) is 0 Å². The van der Waals surface area contributed by atoms with E-state index < -0.39 is 5.97 Å². The Morgan fingerprint density at radius 1 is 1.29 bits per heavy atom. The van der Waals surface area contributed by atoms with Crippen LogP contribution in [0, 0.1) is 12.3 Å². The van der Waals surface area contributed by atoms with Crippen molar-refractivity contribution in [1.29, 1.82) is 0 Å². The molecular weight excluding hydrogens is 266 g/mol. The van der Waals surface area contributed by atoms with E-state index in [1.165, 1.54) is 5.69 Å². The maximum Gasteiger partial charge on any atom is 0.303 e. The van der Waals surface area contributed by atoms with E-state index in [1.807, 2.05) is 6.07 Å². The van der Waals surface area contributed by atoms with Gasteiger partial charge in [-0.3, -0.25) is 9.59 Å². The summed E-state index contributed by atoms with van der Waals surface area (Å²) in [6.07, 6.45) is 4.41. The number of hydrogen-bond acceptors (Lipinski definition) is 2. The lowest BCUT2D eigenvalue weighted by atomic mass is 9.76. The van der Waals surface area contributed by atoms with Crippen LogP contribution < -0.4 is 0 Å². The van der Waals surface area contributed by atoms with E-state index in [9.17, 15) is 9.59 Å². The highest BCUT2D eigenvalue weighted by Crippen LogP contribution is 2.36. The van der Waals surface area contributed by atoms with Gasteiger partial charge < -0.3 is 9.67 Å². The van der Waals surface area contributed by atoms with E-state index in [-0.39, 0.29) is 17.6 Å². The number of unbranched alkanes of at least 4 members (excludes halogenated alkanes) is 2. The van der Waals surface area contributed by atoms with Crippen LogP contribution in [0.2, 0.25) is 0 Å². The molecule has 0 aliphatic heterocycles. The Bertz CT molecular complexity index is 555. The summed E-state index contributed by atoms with van der Waals surface area (Å²) in [5, 5.41) is 8.64. The van der Waals surface area contributed by atoms with Crippen LogP contribution in [0.3, 0.4) is 0 Å². The molecule has 0 spiro atoms. The maximum atomic E-state index is 12.2. The lowest BCUT2D eigenvalue weighted by Gasteiger charge is -2.30. The highest BCUT2D eigenvalue weighted by atomic mass is 16.4. The normalized spacial score (nSPS) is 16.8. The van der Waals surface area contributed by atoms with Gasteiger partial charge in [-0.2, -0.15) is 0 Å². The van der Waals surface area contributed by atoms with Crippen LogP contribution in [0.25, 0.3) is 0 Å². The predicted octanol–water partition coefficient (Wildman–Crippen LogP) is 3.60. The highest BCUT2D eigenvalue weighted by molar-refractivity contribution is 5.99. The van der Waals surface area contributed by atoms with Crippen molar-refractivity contribution in [2.75, 3.05) is 0 Å². The van der Waals surface area contributed by atoms with Gasteiger partial charge in [0.05, 0.1) is 0 Å². The first-order valence-electron chi connectivity index (χ1n) is 7.74. The number of carbonyl (C=O) groups excluding carboxylic acids is 1. The number of aliphatic carboxylic acids is 1. The molecule has 1 heterocycles. The first-order chi connectivity index (χ1) is 9.80. The Balaban J connectivity index is 2.04. The van der Waals surface area contributed by atoms with Crippen molar-refractivity contribution >= 4 is 11.8 Å². The van der Waals surface area contributed by atoms with Gasteiger partial charge in [0.2, 0.25) is 0 Å². The fourth-order valence-electron chi connectivity index (χ4n) is 3.24. The predicted molar refractivity (Wildman–Crippen MR) is 81.7 cm³/mol. The molecular formula is C17H25NO3. The second-order valence-corrected chi connectivity index (χ2v) is 6.94. The van der Waals surface area contributed by atoms with Gasteiger partial charge in [-0.05, 0) is 37.7 Å². The fraction of sp³-hybridized carbons (Fsp3) is 0.647. The minimum absolute atomic E-state index is 0.0376. The zero-order chi connectivity index (χ0) is 15.6. The number of carboxylic acid groups (broad SMARTS) is 1. The molecule has 0 bridgehead atoms. The van der Waals surface area contributed by atoms with Crippen LogP contribution in [0.15, 0.2) is 6.07 Å². The molecule has 0 radical (unpaired) electrons. The number of aromatic nitrogens is 1. The molecule has 0 saturated carbocycles. The fourth-order valence-corrected chi connectivity index (χ4v) is 3.24. The zero-order valence-corrected chi connectivity index (χ0v) is 13.2. The minimum Gasteiger partial charge on any atom is -0.481 e. The molecule has 4 heteroatoms. The van der Waals surface area contributed by atoms with Crippen LogP contribution in [-0.2, 0) is 17.8 Å². The number of rotatable bonds is 6. The number of carbonyl (C=O) groups is 2. The van der Waals surface area contributed by atoms with Gasteiger partial charge in [-0.15, -0.1) is 0 Å². The standard InChI is InChI=1S/C17H25NO3/c1-12-9-13-14(10-17(2,3)11-15(13)19)18(12)8-6-4-5-7-16(20)21/h9H,4-8,10-11H2,1-3H3,(H,20,21). The van der Waals surface area contributed by atoms with E-state index in [0.29, 0.717) is 6.42 Å². The third-order valence-corrected chi connectivity index (χ3v) is 4.27.